The van der Waals surface area contributed by atoms with Crippen molar-refractivity contribution in [1.29, 1.82) is 0 Å². The molecular formula is C6H10NO4S. The highest BCUT2D eigenvalue weighted by Crippen LogP contribution is 2.20. The summed E-state index contributed by atoms with van der Waals surface area (Å²) in [5.41, 5.74) is 0. The predicted octanol–water partition coefficient (Wildman–Crippen LogP) is -0.343. The van der Waals surface area contributed by atoms with E-state index in [-0.39, 0.29) is 6.54 Å². The summed E-state index contributed by atoms with van der Waals surface area (Å²) >= 11 is 0. The molecule has 1 atom stereocenters. The van der Waals surface area contributed by atoms with Crippen molar-refractivity contribution in [2.24, 2.45) is 0 Å². The van der Waals surface area contributed by atoms with Crippen LogP contribution < -0.4 is 0 Å². The second-order valence-corrected chi connectivity index (χ2v) is 4.35. The topological polar surface area (TPSA) is 74.7 Å². The molecule has 0 bridgehead atoms. The maximum Gasteiger partial charge on any atom is 0.322 e. The Bertz CT molecular complexity index is 284. The first-order chi connectivity index (χ1) is 5.43. The molecule has 0 aromatic carbocycles. The van der Waals surface area contributed by atoms with Gasteiger partial charge in [-0.25, -0.2) is 8.42 Å². The van der Waals surface area contributed by atoms with E-state index in [2.05, 4.69) is 6.26 Å². The molecule has 0 aromatic rings. The fourth-order valence-electron chi connectivity index (χ4n) is 1.32. The van der Waals surface area contributed by atoms with Crippen LogP contribution in [0.4, 0.5) is 0 Å². The minimum absolute atomic E-state index is 0.267. The van der Waals surface area contributed by atoms with Gasteiger partial charge >= 0.3 is 5.97 Å². The summed E-state index contributed by atoms with van der Waals surface area (Å²) < 4.78 is 22.7. The normalized spacial score (nSPS) is 25.9. The standard InChI is InChI=1S/C6H10NO4S/c1-12(10,11)7-4-2-3-5(7)6(8)9/h5H,1-4H2,(H,8,9). The van der Waals surface area contributed by atoms with Gasteiger partial charge in [-0.2, -0.15) is 4.31 Å². The van der Waals surface area contributed by atoms with Crippen molar-refractivity contribution < 1.29 is 18.3 Å². The first-order valence-electron chi connectivity index (χ1n) is 3.50. The van der Waals surface area contributed by atoms with E-state index in [4.69, 9.17) is 5.11 Å². The van der Waals surface area contributed by atoms with Crippen molar-refractivity contribution >= 4 is 16.0 Å². The Hall–Kier alpha value is -0.620. The average molecular weight is 192 g/mol. The zero-order valence-electron chi connectivity index (χ0n) is 6.43. The number of aliphatic carboxylic acids is 1. The van der Waals surface area contributed by atoms with E-state index in [0.717, 1.165) is 4.31 Å². The largest absolute Gasteiger partial charge is 0.480 e. The number of rotatable bonds is 2. The minimum Gasteiger partial charge on any atom is -0.480 e. The summed E-state index contributed by atoms with van der Waals surface area (Å²) in [6, 6.07) is -0.910. The molecule has 5 nitrogen and oxygen atoms in total. The SMILES string of the molecule is [CH2]S(=O)(=O)N1CCCC1C(=O)O. The Balaban J connectivity index is 2.85. The van der Waals surface area contributed by atoms with Gasteiger partial charge in [-0.15, -0.1) is 0 Å². The van der Waals surface area contributed by atoms with E-state index in [0.29, 0.717) is 12.8 Å². The molecule has 69 valence electrons. The summed E-state index contributed by atoms with van der Waals surface area (Å²) in [4.78, 5) is 10.5. The molecule has 1 rings (SSSR count). The van der Waals surface area contributed by atoms with Crippen LogP contribution in [0.15, 0.2) is 0 Å². The van der Waals surface area contributed by atoms with Crippen LogP contribution in [0, 0.1) is 6.26 Å². The lowest BCUT2D eigenvalue weighted by Crippen LogP contribution is -2.38. The number of sulfonamides is 1. The van der Waals surface area contributed by atoms with Crippen LogP contribution in [0.25, 0.3) is 0 Å². The summed E-state index contributed by atoms with van der Waals surface area (Å²) in [6.07, 6.45) is 3.89. The van der Waals surface area contributed by atoms with Gasteiger partial charge in [0.15, 0.2) is 0 Å². The number of carboxylic acids is 1. The van der Waals surface area contributed by atoms with Gasteiger partial charge in [-0.1, -0.05) is 0 Å². The van der Waals surface area contributed by atoms with E-state index in [9.17, 15) is 13.2 Å². The number of hydrogen-bond donors (Lipinski definition) is 1. The molecule has 0 aromatic heterocycles. The lowest BCUT2D eigenvalue weighted by atomic mass is 10.2. The van der Waals surface area contributed by atoms with Gasteiger partial charge in [0.2, 0.25) is 10.0 Å². The summed E-state index contributed by atoms with van der Waals surface area (Å²) in [6.45, 7) is 0.267. The third kappa shape index (κ3) is 1.75. The van der Waals surface area contributed by atoms with Gasteiger partial charge in [0, 0.05) is 6.54 Å². The Labute approximate surface area is 71.0 Å². The highest BCUT2D eigenvalue weighted by Gasteiger charge is 2.36. The summed E-state index contributed by atoms with van der Waals surface area (Å²) in [7, 11) is -3.59. The molecule has 6 heteroatoms. The number of carboxylic acid groups (broad SMARTS) is 1. The van der Waals surface area contributed by atoms with Crippen molar-refractivity contribution in [2.45, 2.75) is 18.9 Å². The summed E-state index contributed by atoms with van der Waals surface area (Å²) in [5.74, 6) is -1.10. The molecule has 1 saturated heterocycles. The van der Waals surface area contributed by atoms with E-state index in [1.807, 2.05) is 0 Å². The maximum absolute atomic E-state index is 10.9. The van der Waals surface area contributed by atoms with Crippen LogP contribution in [-0.4, -0.2) is 36.4 Å². The van der Waals surface area contributed by atoms with Crippen LogP contribution in [0.3, 0.4) is 0 Å². The van der Waals surface area contributed by atoms with Crippen molar-refractivity contribution in [2.75, 3.05) is 6.54 Å². The van der Waals surface area contributed by atoms with Crippen LogP contribution in [0.5, 0.6) is 0 Å². The van der Waals surface area contributed by atoms with E-state index in [1.54, 1.807) is 0 Å². The van der Waals surface area contributed by atoms with Crippen molar-refractivity contribution in [3.8, 4) is 0 Å². The molecule has 0 aliphatic carbocycles. The molecule has 1 unspecified atom stereocenters. The van der Waals surface area contributed by atoms with E-state index >= 15 is 0 Å². The first-order valence-corrected chi connectivity index (χ1v) is 5.11. The molecule has 1 heterocycles. The van der Waals surface area contributed by atoms with E-state index < -0.39 is 22.0 Å². The Morgan fingerprint density at radius 2 is 2.17 bits per heavy atom. The van der Waals surface area contributed by atoms with Gasteiger partial charge in [-0.3, -0.25) is 4.79 Å². The van der Waals surface area contributed by atoms with Gasteiger partial charge in [0.1, 0.15) is 6.04 Å². The molecule has 0 spiro atoms. The quantitative estimate of drug-likeness (QED) is 0.649. The third-order valence-electron chi connectivity index (χ3n) is 1.85. The zero-order chi connectivity index (χ0) is 9.35. The molecule has 1 aliphatic rings. The van der Waals surface area contributed by atoms with Crippen molar-refractivity contribution in [1.82, 2.24) is 4.31 Å². The molecule has 1 N–H and O–H groups in total. The smallest absolute Gasteiger partial charge is 0.322 e. The number of hydrogen-bond acceptors (Lipinski definition) is 3. The molecule has 0 saturated carbocycles. The number of carbonyl (C=O) groups is 1. The highest BCUT2D eigenvalue weighted by atomic mass is 32.2. The van der Waals surface area contributed by atoms with E-state index in [1.165, 1.54) is 0 Å². The first kappa shape index (κ1) is 9.47. The van der Waals surface area contributed by atoms with Gasteiger partial charge in [-0.05, 0) is 12.8 Å². The highest BCUT2D eigenvalue weighted by molar-refractivity contribution is 7.90. The lowest BCUT2D eigenvalue weighted by molar-refractivity contribution is -0.140. The van der Waals surface area contributed by atoms with Gasteiger partial charge in [0.25, 0.3) is 0 Å². The Morgan fingerprint density at radius 1 is 1.58 bits per heavy atom. The second kappa shape index (κ2) is 3.02. The fraction of sp³-hybridized carbons (Fsp3) is 0.667. The molecule has 12 heavy (non-hydrogen) atoms. The monoisotopic (exact) mass is 192 g/mol. The number of nitrogens with zero attached hydrogens (tertiary/aromatic N) is 1. The molecular weight excluding hydrogens is 182 g/mol. The third-order valence-corrected chi connectivity index (χ3v) is 3.00. The van der Waals surface area contributed by atoms with Crippen molar-refractivity contribution in [3.05, 3.63) is 6.26 Å². The zero-order valence-corrected chi connectivity index (χ0v) is 7.25. The van der Waals surface area contributed by atoms with Gasteiger partial charge in [0.05, 0.1) is 6.26 Å². The van der Waals surface area contributed by atoms with Crippen LogP contribution >= 0.6 is 0 Å². The molecule has 1 radical (unpaired) electrons. The predicted molar refractivity (Wildman–Crippen MR) is 41.6 cm³/mol. The molecule has 1 aliphatic heterocycles. The van der Waals surface area contributed by atoms with Crippen LogP contribution in [0.2, 0.25) is 0 Å². The summed E-state index contributed by atoms with van der Waals surface area (Å²) in [5, 5.41) is 8.61. The fourth-order valence-corrected chi connectivity index (χ4v) is 2.31. The van der Waals surface area contributed by atoms with Crippen LogP contribution in [0.1, 0.15) is 12.8 Å². The molecule has 1 fully saturated rings. The van der Waals surface area contributed by atoms with Gasteiger partial charge < -0.3 is 5.11 Å². The Kier molecular flexibility index (Phi) is 2.39. The second-order valence-electron chi connectivity index (χ2n) is 2.72. The van der Waals surface area contributed by atoms with Crippen molar-refractivity contribution in [3.63, 3.8) is 0 Å². The average Bonchev–Trinajstić information content (AvgIpc) is 2.30. The maximum atomic E-state index is 10.9. The minimum atomic E-state index is -3.59. The Morgan fingerprint density at radius 3 is 2.50 bits per heavy atom. The van der Waals surface area contributed by atoms with Crippen LogP contribution in [-0.2, 0) is 14.8 Å². The molecule has 0 amide bonds. The lowest BCUT2D eigenvalue weighted by Gasteiger charge is -2.17.